The summed E-state index contributed by atoms with van der Waals surface area (Å²) in [6, 6.07) is 7.74. The normalized spacial score (nSPS) is 11.0. The Morgan fingerprint density at radius 2 is 1.91 bits per heavy atom. The zero-order chi connectivity index (χ0) is 16.3. The first kappa shape index (κ1) is 15.9. The summed E-state index contributed by atoms with van der Waals surface area (Å²) in [4.78, 5) is 10.1. The van der Waals surface area contributed by atoms with Crippen LogP contribution in [-0.2, 0) is 5.41 Å². The van der Waals surface area contributed by atoms with E-state index in [4.69, 9.17) is 16.7 Å². The molecule has 1 heterocycles. The summed E-state index contributed by atoms with van der Waals surface area (Å²) in [5.74, 6) is 1.25. The van der Waals surface area contributed by atoms with Crippen molar-refractivity contribution in [3.63, 3.8) is 0 Å². The Morgan fingerprint density at radius 3 is 2.41 bits per heavy atom. The van der Waals surface area contributed by atoms with Gasteiger partial charge in [-0.2, -0.15) is 0 Å². The van der Waals surface area contributed by atoms with Crippen LogP contribution in [0.1, 0.15) is 26.5 Å². The van der Waals surface area contributed by atoms with Crippen LogP contribution in [0.2, 0.25) is 0 Å². The largest absolute Gasteiger partial charge is 0.359 e. The highest BCUT2D eigenvalue weighted by molar-refractivity contribution is 7.80. The number of nitrogens with one attached hydrogen (secondary N) is 2. The van der Waals surface area contributed by atoms with Crippen molar-refractivity contribution in [2.75, 3.05) is 10.6 Å². The maximum absolute atomic E-state index is 10.6. The minimum Gasteiger partial charge on any atom is -0.359 e. The summed E-state index contributed by atoms with van der Waals surface area (Å²) in [6.45, 7) is 6.06. The van der Waals surface area contributed by atoms with Crippen molar-refractivity contribution in [3.8, 4) is 0 Å². The number of aromatic nitrogens is 1. The van der Waals surface area contributed by atoms with Gasteiger partial charge in [0.25, 0.3) is 5.69 Å². The fourth-order valence-corrected chi connectivity index (χ4v) is 1.86. The van der Waals surface area contributed by atoms with Crippen LogP contribution in [0, 0.1) is 10.1 Å². The van der Waals surface area contributed by atoms with Gasteiger partial charge in [-0.3, -0.25) is 10.1 Å². The van der Waals surface area contributed by atoms with Crippen molar-refractivity contribution in [2.45, 2.75) is 26.2 Å². The van der Waals surface area contributed by atoms with E-state index in [0.29, 0.717) is 16.6 Å². The molecular formula is C14H16N4O3S. The van der Waals surface area contributed by atoms with Crippen LogP contribution in [0.3, 0.4) is 0 Å². The molecule has 22 heavy (non-hydrogen) atoms. The summed E-state index contributed by atoms with van der Waals surface area (Å²) in [7, 11) is 0. The Kier molecular flexibility index (Phi) is 4.41. The van der Waals surface area contributed by atoms with E-state index in [0.717, 1.165) is 5.76 Å². The first-order valence-corrected chi connectivity index (χ1v) is 6.96. The molecule has 0 spiro atoms. The maximum atomic E-state index is 10.6. The Morgan fingerprint density at radius 1 is 1.27 bits per heavy atom. The number of hydrogen-bond donors (Lipinski definition) is 2. The highest BCUT2D eigenvalue weighted by atomic mass is 32.1. The van der Waals surface area contributed by atoms with Gasteiger partial charge >= 0.3 is 0 Å². The van der Waals surface area contributed by atoms with Gasteiger partial charge in [0.1, 0.15) is 5.76 Å². The molecule has 7 nitrogen and oxygen atoms in total. The quantitative estimate of drug-likeness (QED) is 0.506. The number of benzene rings is 1. The Bertz CT molecular complexity index is 689. The third-order valence-electron chi connectivity index (χ3n) is 2.83. The van der Waals surface area contributed by atoms with Crippen molar-refractivity contribution in [1.29, 1.82) is 0 Å². The second-order valence-electron chi connectivity index (χ2n) is 5.71. The van der Waals surface area contributed by atoms with Crippen LogP contribution in [-0.4, -0.2) is 15.2 Å². The SMILES string of the molecule is CC(C)(C)c1cc(NC(=S)Nc2ccc([N+](=O)[O-])cc2)no1. The summed E-state index contributed by atoms with van der Waals surface area (Å²) in [6.07, 6.45) is 0. The number of hydrogen-bond acceptors (Lipinski definition) is 5. The zero-order valence-corrected chi connectivity index (χ0v) is 13.2. The highest BCUT2D eigenvalue weighted by Gasteiger charge is 2.19. The number of nitro groups is 1. The van der Waals surface area contributed by atoms with Crippen LogP contribution in [0.15, 0.2) is 34.9 Å². The molecule has 0 aliphatic heterocycles. The average molecular weight is 320 g/mol. The number of nitro benzene ring substituents is 1. The molecule has 0 fully saturated rings. The summed E-state index contributed by atoms with van der Waals surface area (Å²) in [5.41, 5.74) is 0.527. The molecule has 1 aromatic heterocycles. The smallest absolute Gasteiger partial charge is 0.269 e. The Balaban J connectivity index is 1.98. The van der Waals surface area contributed by atoms with Gasteiger partial charge in [-0.25, -0.2) is 0 Å². The highest BCUT2D eigenvalue weighted by Crippen LogP contribution is 2.24. The fourth-order valence-electron chi connectivity index (χ4n) is 1.63. The molecular weight excluding hydrogens is 304 g/mol. The van der Waals surface area contributed by atoms with Gasteiger partial charge in [0.2, 0.25) is 0 Å². The van der Waals surface area contributed by atoms with Gasteiger partial charge in [0.05, 0.1) is 4.92 Å². The monoisotopic (exact) mass is 320 g/mol. The molecule has 0 aliphatic rings. The molecule has 0 unspecified atom stereocenters. The summed E-state index contributed by atoms with van der Waals surface area (Å²) >= 11 is 5.17. The molecule has 0 saturated carbocycles. The van der Waals surface area contributed by atoms with E-state index in [1.165, 1.54) is 12.1 Å². The van der Waals surface area contributed by atoms with Gasteiger partial charge < -0.3 is 15.2 Å². The molecule has 116 valence electrons. The zero-order valence-electron chi connectivity index (χ0n) is 12.4. The molecule has 0 saturated heterocycles. The van der Waals surface area contributed by atoms with Gasteiger partial charge in [0.15, 0.2) is 10.9 Å². The van der Waals surface area contributed by atoms with Crippen molar-refractivity contribution < 1.29 is 9.45 Å². The summed E-state index contributed by atoms with van der Waals surface area (Å²) in [5, 5.41) is 20.6. The van der Waals surface area contributed by atoms with E-state index in [9.17, 15) is 10.1 Å². The van der Waals surface area contributed by atoms with E-state index < -0.39 is 4.92 Å². The van der Waals surface area contributed by atoms with Crippen molar-refractivity contribution >= 4 is 34.5 Å². The standard InChI is InChI=1S/C14H16N4O3S/c1-14(2,3)11-8-12(17-21-11)16-13(22)15-9-4-6-10(7-5-9)18(19)20/h4-8H,1-3H3,(H2,15,16,17,22). The summed E-state index contributed by atoms with van der Waals surface area (Å²) < 4.78 is 5.25. The van der Waals surface area contributed by atoms with Gasteiger partial charge in [-0.1, -0.05) is 25.9 Å². The fraction of sp³-hybridized carbons (Fsp3) is 0.286. The number of thiocarbonyl (C=S) groups is 1. The van der Waals surface area contributed by atoms with Crippen molar-refractivity contribution in [3.05, 3.63) is 46.2 Å². The molecule has 1 aromatic carbocycles. The van der Waals surface area contributed by atoms with Crippen LogP contribution in [0.4, 0.5) is 17.2 Å². The van der Waals surface area contributed by atoms with Gasteiger partial charge in [-0.05, 0) is 24.4 Å². The van der Waals surface area contributed by atoms with Gasteiger partial charge in [0, 0.05) is 29.3 Å². The lowest BCUT2D eigenvalue weighted by Gasteiger charge is -2.12. The Labute approximate surface area is 132 Å². The molecule has 2 aromatic rings. The van der Waals surface area contributed by atoms with E-state index >= 15 is 0 Å². The van der Waals surface area contributed by atoms with Gasteiger partial charge in [-0.15, -0.1) is 0 Å². The first-order valence-electron chi connectivity index (χ1n) is 6.55. The minimum absolute atomic E-state index is 0.0238. The lowest BCUT2D eigenvalue weighted by molar-refractivity contribution is -0.384. The number of anilines is 2. The average Bonchev–Trinajstić information content (AvgIpc) is 2.87. The molecule has 2 rings (SSSR count). The van der Waals surface area contributed by atoms with E-state index in [2.05, 4.69) is 15.8 Å². The lowest BCUT2D eigenvalue weighted by atomic mass is 9.93. The second kappa shape index (κ2) is 6.10. The number of non-ortho nitro benzene ring substituents is 1. The van der Waals surface area contributed by atoms with Crippen LogP contribution < -0.4 is 10.6 Å². The lowest BCUT2D eigenvalue weighted by Crippen LogP contribution is -2.19. The maximum Gasteiger partial charge on any atom is 0.269 e. The van der Waals surface area contributed by atoms with Crippen LogP contribution in [0.5, 0.6) is 0 Å². The Hall–Kier alpha value is -2.48. The first-order chi connectivity index (χ1) is 10.3. The topological polar surface area (TPSA) is 93.2 Å². The van der Waals surface area contributed by atoms with Crippen molar-refractivity contribution in [1.82, 2.24) is 5.16 Å². The molecule has 0 aliphatic carbocycles. The van der Waals surface area contributed by atoms with E-state index in [1.807, 2.05) is 20.8 Å². The van der Waals surface area contributed by atoms with E-state index in [1.54, 1.807) is 18.2 Å². The van der Waals surface area contributed by atoms with Crippen LogP contribution in [0.25, 0.3) is 0 Å². The van der Waals surface area contributed by atoms with Crippen molar-refractivity contribution in [2.24, 2.45) is 0 Å². The van der Waals surface area contributed by atoms with E-state index in [-0.39, 0.29) is 11.1 Å². The molecule has 0 atom stereocenters. The third-order valence-corrected chi connectivity index (χ3v) is 3.03. The molecule has 0 amide bonds. The van der Waals surface area contributed by atoms with Crippen LogP contribution >= 0.6 is 12.2 Å². The number of nitrogens with zero attached hydrogens (tertiary/aromatic N) is 2. The third kappa shape index (κ3) is 4.01. The second-order valence-corrected chi connectivity index (χ2v) is 6.12. The molecule has 0 radical (unpaired) electrons. The predicted octanol–water partition coefficient (Wildman–Crippen LogP) is 3.69. The molecule has 0 bridgehead atoms. The molecule has 8 heteroatoms. The predicted molar refractivity (Wildman–Crippen MR) is 88.1 cm³/mol. The minimum atomic E-state index is -0.455. The number of rotatable bonds is 3. The molecule has 2 N–H and O–H groups in total.